The lowest BCUT2D eigenvalue weighted by molar-refractivity contribution is -0.147. The molecule has 0 unspecified atom stereocenters. The third kappa shape index (κ3) is 5.37. The van der Waals surface area contributed by atoms with Gasteiger partial charge in [-0.25, -0.2) is 0 Å². The minimum Gasteiger partial charge on any atom is -0.500 e. The summed E-state index contributed by atoms with van der Waals surface area (Å²) in [5.41, 5.74) is 9.58. The summed E-state index contributed by atoms with van der Waals surface area (Å²) in [5, 5.41) is 2.50. The molecule has 5 aliphatic rings. The van der Waals surface area contributed by atoms with E-state index in [4.69, 9.17) is 14.2 Å². The monoisotopic (exact) mass is 746 g/mol. The molecule has 9 rings (SSSR count). The van der Waals surface area contributed by atoms with E-state index in [2.05, 4.69) is 83.5 Å². The summed E-state index contributed by atoms with van der Waals surface area (Å²) < 4.78 is 22.7. The number of aryl methyl sites for hydroxylation is 2. The lowest BCUT2D eigenvalue weighted by atomic mass is 9.64. The molecule has 290 valence electrons. The van der Waals surface area contributed by atoms with E-state index in [1.54, 1.807) is 27.2 Å². The number of para-hydroxylation sites is 1. The Morgan fingerprint density at radius 3 is 2.27 bits per heavy atom. The quantitative estimate of drug-likeness (QED) is 0.195. The van der Waals surface area contributed by atoms with Gasteiger partial charge in [-0.2, -0.15) is 0 Å². The Morgan fingerprint density at radius 2 is 1.55 bits per heavy atom. The zero-order chi connectivity index (χ0) is 38.6. The summed E-state index contributed by atoms with van der Waals surface area (Å²) in [6.07, 6.45) is 5.59. The van der Waals surface area contributed by atoms with Gasteiger partial charge in [0.05, 0.1) is 44.2 Å². The van der Waals surface area contributed by atoms with Crippen LogP contribution in [0.3, 0.4) is 0 Å². The molecule has 5 aliphatic heterocycles. The molecule has 4 bridgehead atoms. The Kier molecular flexibility index (Phi) is 8.81. The van der Waals surface area contributed by atoms with Crippen molar-refractivity contribution in [3.05, 3.63) is 76.3 Å². The zero-order valence-electron chi connectivity index (χ0n) is 33.4. The second kappa shape index (κ2) is 13.4. The van der Waals surface area contributed by atoms with Gasteiger partial charge < -0.3 is 23.3 Å². The fourth-order valence-electron chi connectivity index (χ4n) is 12.3. The average Bonchev–Trinajstić information content (AvgIpc) is 3.59. The number of allylic oxidation sites excluding steroid dienone is 1. The number of rotatable bonds is 8. The minimum atomic E-state index is -0.313. The van der Waals surface area contributed by atoms with Gasteiger partial charge in [0.25, 0.3) is 0 Å². The maximum Gasteiger partial charge on any atom is 0.302 e. The van der Waals surface area contributed by atoms with E-state index < -0.39 is 0 Å². The number of methoxy groups -OCH3 is 1. The highest BCUT2D eigenvalue weighted by Gasteiger charge is 2.52. The van der Waals surface area contributed by atoms with Crippen molar-refractivity contribution in [1.82, 2.24) is 18.9 Å². The lowest BCUT2D eigenvalue weighted by Crippen LogP contribution is -2.56. The lowest BCUT2D eigenvalue weighted by Gasteiger charge is -2.53. The van der Waals surface area contributed by atoms with Crippen LogP contribution in [0.1, 0.15) is 73.8 Å². The number of Topliss-reactive ketones (excluding diaryl/α,β-unsaturated/α-hetero) is 2. The SMILES string of the molecule is COc1ccc2c3c(n(C)c2c1C[C@H](C(C)=O)[C@@H]1C[C@H]2c4c(c5ccccc5n4C)C[C@@H]([C@@H]1COC(C)=O)N2C)[C@@H]1C[C@H]2C(C(C)=O)=COC[C@H]2[C@H](C3)N1C. The molecule has 0 aliphatic carbocycles. The highest BCUT2D eigenvalue weighted by Crippen LogP contribution is 2.54. The number of hydrogen-bond acceptors (Lipinski definition) is 8. The van der Waals surface area contributed by atoms with Crippen LogP contribution in [0, 0.1) is 29.6 Å². The molecule has 0 saturated carbocycles. The highest BCUT2D eigenvalue weighted by atomic mass is 16.5. The summed E-state index contributed by atoms with van der Waals surface area (Å²) in [4.78, 5) is 44.3. The van der Waals surface area contributed by atoms with Gasteiger partial charge in [-0.1, -0.05) is 18.2 Å². The van der Waals surface area contributed by atoms with Crippen LogP contribution < -0.4 is 4.74 Å². The largest absolute Gasteiger partial charge is 0.500 e. The Morgan fingerprint density at radius 1 is 0.855 bits per heavy atom. The molecule has 7 heterocycles. The van der Waals surface area contributed by atoms with Gasteiger partial charge in [0.1, 0.15) is 11.5 Å². The van der Waals surface area contributed by atoms with E-state index in [-0.39, 0.29) is 77.9 Å². The number of hydrogen-bond donors (Lipinski definition) is 0. The Hall–Kier alpha value is -4.41. The van der Waals surface area contributed by atoms with Crippen molar-refractivity contribution < 1.29 is 28.6 Å². The molecule has 0 spiro atoms. The number of ether oxygens (including phenoxy) is 3. The number of likely N-dealkylation sites (N-methyl/N-ethyl adjacent to an activating group) is 2. The van der Waals surface area contributed by atoms with E-state index in [1.807, 2.05) is 0 Å². The highest BCUT2D eigenvalue weighted by molar-refractivity contribution is 5.94. The number of ketones is 2. The van der Waals surface area contributed by atoms with Gasteiger partial charge in [0, 0.05) is 89.7 Å². The molecule has 9 atom stereocenters. The zero-order valence-corrected chi connectivity index (χ0v) is 33.4. The maximum absolute atomic E-state index is 14.2. The summed E-state index contributed by atoms with van der Waals surface area (Å²) in [6, 6.07) is 13.6. The summed E-state index contributed by atoms with van der Waals surface area (Å²) >= 11 is 0. The molecule has 0 N–H and O–H groups in total. The van der Waals surface area contributed by atoms with Crippen LogP contribution in [-0.2, 0) is 57.2 Å². The van der Waals surface area contributed by atoms with Crippen molar-refractivity contribution >= 4 is 39.3 Å². The number of carbonyl (C=O) groups is 3. The van der Waals surface area contributed by atoms with Gasteiger partial charge in [-0.15, -0.1) is 0 Å². The second-order valence-corrected chi connectivity index (χ2v) is 17.2. The van der Waals surface area contributed by atoms with Gasteiger partial charge in [0.15, 0.2) is 5.78 Å². The summed E-state index contributed by atoms with van der Waals surface area (Å²) in [6.45, 7) is 5.78. The van der Waals surface area contributed by atoms with Crippen molar-refractivity contribution in [2.45, 2.75) is 77.0 Å². The normalized spacial score (nSPS) is 29.1. The minimum absolute atomic E-state index is 0.0191. The Balaban J connectivity index is 1.14. The van der Waals surface area contributed by atoms with Crippen LogP contribution in [0.4, 0.5) is 0 Å². The van der Waals surface area contributed by atoms with Gasteiger partial charge >= 0.3 is 5.97 Å². The van der Waals surface area contributed by atoms with Gasteiger partial charge in [0.2, 0.25) is 0 Å². The molecule has 2 aromatic heterocycles. The number of piperidine rings is 2. The number of aromatic nitrogens is 2. The van der Waals surface area contributed by atoms with Crippen LogP contribution in [0.25, 0.3) is 21.8 Å². The van der Waals surface area contributed by atoms with E-state index in [0.717, 1.165) is 48.1 Å². The molecular weight excluding hydrogens is 693 g/mol. The molecule has 2 saturated heterocycles. The van der Waals surface area contributed by atoms with Crippen molar-refractivity contribution in [3.63, 3.8) is 0 Å². The van der Waals surface area contributed by atoms with Crippen molar-refractivity contribution in [2.75, 3.05) is 34.4 Å². The van der Waals surface area contributed by atoms with E-state index in [1.165, 1.54) is 45.7 Å². The van der Waals surface area contributed by atoms with Gasteiger partial charge in [-0.3, -0.25) is 24.2 Å². The number of benzene rings is 2. The first-order chi connectivity index (χ1) is 26.4. The van der Waals surface area contributed by atoms with Crippen LogP contribution in [0.15, 0.2) is 48.2 Å². The third-order valence-electron chi connectivity index (χ3n) is 14.8. The van der Waals surface area contributed by atoms with Crippen LogP contribution >= 0.6 is 0 Å². The second-order valence-electron chi connectivity index (χ2n) is 17.2. The van der Waals surface area contributed by atoms with Crippen molar-refractivity contribution in [2.24, 2.45) is 43.7 Å². The van der Waals surface area contributed by atoms with Crippen molar-refractivity contribution in [3.8, 4) is 5.75 Å². The summed E-state index contributed by atoms with van der Waals surface area (Å²) in [5.74, 6) is 0.795. The number of carbonyl (C=O) groups excluding carboxylic acids is 3. The standard InChI is InChI=1S/C45H54N4O6/c1-23(50)28(29-16-40-44-31(26-11-9-10-12-37(26)48(44)6)18-39(47(40)5)36(29)22-55-25(3)52)15-33-42(53-8)14-13-27-32-19-38-35-21-54-20-34(24(2)51)30(35)17-41(46(38)4)45(32)49(7)43(27)33/h9-14,20,28-30,35-36,38-41H,15-19,21-22H2,1-8H3/t28-,29+,30+,35-,36-,38+,39+,40+,41+/m1/s1. The predicted octanol–water partition coefficient (Wildman–Crippen LogP) is 6.26. The summed E-state index contributed by atoms with van der Waals surface area (Å²) in [7, 11) is 10.5. The molecule has 0 amide bonds. The fourth-order valence-corrected chi connectivity index (χ4v) is 12.3. The molecule has 10 heteroatoms. The van der Waals surface area contributed by atoms with Crippen molar-refractivity contribution in [1.29, 1.82) is 0 Å². The topological polar surface area (TPSA) is 95.2 Å². The molecule has 55 heavy (non-hydrogen) atoms. The maximum atomic E-state index is 14.2. The number of esters is 1. The van der Waals surface area contributed by atoms with E-state index in [9.17, 15) is 14.4 Å². The number of nitrogens with zero attached hydrogens (tertiary/aromatic N) is 4. The first-order valence-corrected chi connectivity index (χ1v) is 20.0. The van der Waals surface area contributed by atoms with Crippen LogP contribution in [0.5, 0.6) is 5.75 Å². The third-order valence-corrected chi connectivity index (χ3v) is 14.8. The van der Waals surface area contributed by atoms with Crippen LogP contribution in [-0.4, -0.2) is 83.0 Å². The van der Waals surface area contributed by atoms with E-state index >= 15 is 0 Å². The fraction of sp³-hybridized carbons (Fsp3) is 0.533. The first-order valence-electron chi connectivity index (χ1n) is 20.0. The molecule has 2 fully saturated rings. The Bertz CT molecular complexity index is 2280. The van der Waals surface area contributed by atoms with Gasteiger partial charge in [-0.05, 0) is 101 Å². The smallest absolute Gasteiger partial charge is 0.302 e. The first kappa shape index (κ1) is 36.2. The van der Waals surface area contributed by atoms with E-state index in [0.29, 0.717) is 13.0 Å². The molecule has 4 aromatic rings. The average molecular weight is 747 g/mol. The molecule has 2 aromatic carbocycles. The predicted molar refractivity (Wildman–Crippen MR) is 211 cm³/mol. The molecular formula is C45H54N4O6. The molecule has 0 radical (unpaired) electrons. The molecule has 10 nitrogen and oxygen atoms in total. The van der Waals surface area contributed by atoms with Crippen LogP contribution in [0.2, 0.25) is 0 Å². The Labute approximate surface area is 323 Å². The number of fused-ring (bicyclic) bond motifs is 14.